The largest absolute Gasteiger partial charge is 0.324 e. The fourth-order valence-corrected chi connectivity index (χ4v) is 2.63. The lowest BCUT2D eigenvalue weighted by Gasteiger charge is -2.23. The van der Waals surface area contributed by atoms with E-state index in [1.807, 2.05) is 39.0 Å². The molecule has 126 valence electrons. The molecule has 0 radical (unpaired) electrons. The van der Waals surface area contributed by atoms with E-state index in [1.165, 1.54) is 11.8 Å². The van der Waals surface area contributed by atoms with Crippen molar-refractivity contribution in [3.8, 4) is 0 Å². The predicted octanol–water partition coefficient (Wildman–Crippen LogP) is 4.26. The summed E-state index contributed by atoms with van der Waals surface area (Å²) in [6.45, 7) is 7.09. The minimum atomic E-state index is -0.252. The minimum Gasteiger partial charge on any atom is -0.324 e. The summed E-state index contributed by atoms with van der Waals surface area (Å²) < 4.78 is 0. The number of hydrogen-bond donors (Lipinski definition) is 1. The second-order valence-electron chi connectivity index (χ2n) is 5.86. The zero-order valence-corrected chi connectivity index (χ0v) is 15.1. The molecule has 2 rings (SSSR count). The monoisotopic (exact) mass is 344 g/mol. The fraction of sp³-hybridized carbons (Fsp3) is 0.263. The van der Waals surface area contributed by atoms with Crippen LogP contribution < -0.4 is 10.2 Å². The second-order valence-corrected chi connectivity index (χ2v) is 6.26. The number of anilines is 2. The van der Waals surface area contributed by atoms with E-state index < -0.39 is 0 Å². The van der Waals surface area contributed by atoms with Crippen molar-refractivity contribution in [2.75, 3.05) is 16.8 Å². The molecule has 0 fully saturated rings. The van der Waals surface area contributed by atoms with Gasteiger partial charge in [-0.2, -0.15) is 0 Å². The van der Waals surface area contributed by atoms with Gasteiger partial charge in [0.15, 0.2) is 0 Å². The Kier molecular flexibility index (Phi) is 5.62. The predicted molar refractivity (Wildman–Crippen MR) is 98.8 cm³/mol. The quantitative estimate of drug-likeness (QED) is 0.901. The SMILES string of the molecule is CC(=O)N(CC(=O)Nc1cc(C)ccc1C)c1cccc(Cl)c1C. The zero-order valence-electron chi connectivity index (χ0n) is 14.3. The highest BCUT2D eigenvalue weighted by Gasteiger charge is 2.19. The van der Waals surface area contributed by atoms with E-state index in [0.717, 1.165) is 22.4 Å². The van der Waals surface area contributed by atoms with E-state index in [9.17, 15) is 9.59 Å². The Bertz CT molecular complexity index is 787. The van der Waals surface area contributed by atoms with E-state index in [4.69, 9.17) is 11.6 Å². The first-order valence-electron chi connectivity index (χ1n) is 7.70. The first kappa shape index (κ1) is 18.0. The molecule has 0 bridgehead atoms. The van der Waals surface area contributed by atoms with Crippen LogP contribution in [0, 0.1) is 20.8 Å². The standard InChI is InChI=1S/C19H21ClN2O2/c1-12-8-9-13(2)17(10-12)21-19(24)11-22(15(4)23)18-7-5-6-16(20)14(18)3/h5-10H,11H2,1-4H3,(H,21,24). The summed E-state index contributed by atoms with van der Waals surface area (Å²) >= 11 is 6.13. The summed E-state index contributed by atoms with van der Waals surface area (Å²) in [5.41, 5.74) is 4.21. The van der Waals surface area contributed by atoms with Crippen LogP contribution in [0.15, 0.2) is 36.4 Å². The average Bonchev–Trinajstić information content (AvgIpc) is 2.51. The third-order valence-corrected chi connectivity index (χ3v) is 4.29. The van der Waals surface area contributed by atoms with Crippen LogP contribution in [0.2, 0.25) is 5.02 Å². The van der Waals surface area contributed by atoms with E-state index in [-0.39, 0.29) is 18.4 Å². The first-order valence-corrected chi connectivity index (χ1v) is 8.07. The van der Waals surface area contributed by atoms with Gasteiger partial charge in [-0.3, -0.25) is 9.59 Å². The van der Waals surface area contributed by atoms with Crippen LogP contribution >= 0.6 is 11.6 Å². The third kappa shape index (κ3) is 4.15. The van der Waals surface area contributed by atoms with Crippen molar-refractivity contribution in [1.82, 2.24) is 0 Å². The number of amides is 2. The summed E-state index contributed by atoms with van der Waals surface area (Å²) in [6.07, 6.45) is 0. The van der Waals surface area contributed by atoms with Crippen molar-refractivity contribution in [1.29, 1.82) is 0 Å². The molecule has 0 unspecified atom stereocenters. The molecular formula is C19H21ClN2O2. The highest BCUT2D eigenvalue weighted by atomic mass is 35.5. The molecule has 0 spiro atoms. The summed E-state index contributed by atoms with van der Waals surface area (Å²) in [4.78, 5) is 25.9. The Balaban J connectivity index is 2.22. The molecule has 5 heteroatoms. The Morgan fingerprint density at radius 1 is 1.12 bits per heavy atom. The second kappa shape index (κ2) is 7.49. The lowest BCUT2D eigenvalue weighted by Crippen LogP contribution is -2.37. The number of aryl methyl sites for hydroxylation is 2. The van der Waals surface area contributed by atoms with E-state index in [1.54, 1.807) is 18.2 Å². The fourth-order valence-electron chi connectivity index (χ4n) is 2.46. The first-order chi connectivity index (χ1) is 11.3. The zero-order chi connectivity index (χ0) is 17.9. The van der Waals surface area contributed by atoms with Gasteiger partial charge in [-0.1, -0.05) is 29.8 Å². The maximum Gasteiger partial charge on any atom is 0.244 e. The molecule has 2 aromatic rings. The highest BCUT2D eigenvalue weighted by Crippen LogP contribution is 2.26. The maximum absolute atomic E-state index is 12.4. The molecule has 2 amide bonds. The number of halogens is 1. The molecule has 0 saturated carbocycles. The van der Waals surface area contributed by atoms with Gasteiger partial charge in [0.05, 0.1) is 0 Å². The van der Waals surface area contributed by atoms with Crippen molar-refractivity contribution < 1.29 is 9.59 Å². The summed E-state index contributed by atoms with van der Waals surface area (Å²) in [7, 11) is 0. The average molecular weight is 345 g/mol. The molecular weight excluding hydrogens is 324 g/mol. The summed E-state index contributed by atoms with van der Waals surface area (Å²) in [5, 5.41) is 3.44. The molecule has 0 aliphatic heterocycles. The number of benzene rings is 2. The molecule has 1 N–H and O–H groups in total. The molecule has 4 nitrogen and oxygen atoms in total. The van der Waals surface area contributed by atoms with E-state index >= 15 is 0 Å². The Labute approximate surface area is 147 Å². The van der Waals surface area contributed by atoms with Gasteiger partial charge in [0, 0.05) is 23.3 Å². The number of nitrogens with one attached hydrogen (secondary N) is 1. The Morgan fingerprint density at radius 2 is 1.83 bits per heavy atom. The van der Waals surface area contributed by atoms with Crippen molar-refractivity contribution in [3.05, 3.63) is 58.1 Å². The normalized spacial score (nSPS) is 10.4. The molecule has 0 heterocycles. The Hall–Kier alpha value is -2.33. The van der Waals surface area contributed by atoms with Gasteiger partial charge in [0.2, 0.25) is 11.8 Å². The topological polar surface area (TPSA) is 49.4 Å². The lowest BCUT2D eigenvalue weighted by molar-refractivity contribution is -0.120. The van der Waals surface area contributed by atoms with Crippen LogP contribution in [-0.4, -0.2) is 18.4 Å². The smallest absolute Gasteiger partial charge is 0.244 e. The molecule has 0 atom stereocenters. The van der Waals surface area contributed by atoms with Gasteiger partial charge < -0.3 is 10.2 Å². The van der Waals surface area contributed by atoms with Crippen LogP contribution in [0.4, 0.5) is 11.4 Å². The van der Waals surface area contributed by atoms with Crippen LogP contribution in [0.1, 0.15) is 23.6 Å². The maximum atomic E-state index is 12.4. The van der Waals surface area contributed by atoms with Crippen molar-refractivity contribution in [2.45, 2.75) is 27.7 Å². The van der Waals surface area contributed by atoms with Crippen molar-refractivity contribution >= 4 is 34.8 Å². The van der Waals surface area contributed by atoms with Crippen LogP contribution in [0.3, 0.4) is 0 Å². The van der Waals surface area contributed by atoms with Gasteiger partial charge >= 0.3 is 0 Å². The highest BCUT2D eigenvalue weighted by molar-refractivity contribution is 6.31. The third-order valence-electron chi connectivity index (χ3n) is 3.88. The summed E-state index contributed by atoms with van der Waals surface area (Å²) in [6, 6.07) is 11.2. The van der Waals surface area contributed by atoms with Gasteiger partial charge in [-0.05, 0) is 55.7 Å². The van der Waals surface area contributed by atoms with Gasteiger partial charge in [0.1, 0.15) is 6.54 Å². The van der Waals surface area contributed by atoms with E-state index in [2.05, 4.69) is 5.32 Å². The number of rotatable bonds is 4. The van der Waals surface area contributed by atoms with Crippen molar-refractivity contribution in [3.63, 3.8) is 0 Å². The minimum absolute atomic E-state index is 0.0656. The lowest BCUT2D eigenvalue weighted by atomic mass is 10.1. The molecule has 24 heavy (non-hydrogen) atoms. The van der Waals surface area contributed by atoms with Crippen LogP contribution in [-0.2, 0) is 9.59 Å². The van der Waals surface area contributed by atoms with Gasteiger partial charge in [0.25, 0.3) is 0 Å². The van der Waals surface area contributed by atoms with Gasteiger partial charge in [-0.25, -0.2) is 0 Å². The summed E-state index contributed by atoms with van der Waals surface area (Å²) in [5.74, 6) is -0.463. The van der Waals surface area contributed by atoms with Crippen LogP contribution in [0.5, 0.6) is 0 Å². The van der Waals surface area contributed by atoms with E-state index in [0.29, 0.717) is 10.7 Å². The Morgan fingerprint density at radius 3 is 2.50 bits per heavy atom. The van der Waals surface area contributed by atoms with Gasteiger partial charge in [-0.15, -0.1) is 0 Å². The number of nitrogens with zero attached hydrogens (tertiary/aromatic N) is 1. The molecule has 0 saturated heterocycles. The number of carbonyl (C=O) groups excluding carboxylic acids is 2. The molecule has 0 aliphatic carbocycles. The molecule has 2 aromatic carbocycles. The molecule has 0 aliphatic rings. The van der Waals surface area contributed by atoms with Crippen LogP contribution in [0.25, 0.3) is 0 Å². The molecule has 0 aromatic heterocycles. The van der Waals surface area contributed by atoms with Crippen molar-refractivity contribution in [2.24, 2.45) is 0 Å². The number of carbonyl (C=O) groups is 2. The number of hydrogen-bond acceptors (Lipinski definition) is 2.